The van der Waals surface area contributed by atoms with Gasteiger partial charge >= 0.3 is 0 Å². The highest BCUT2D eigenvalue weighted by atomic mass is 35.5. The van der Waals surface area contributed by atoms with Crippen molar-refractivity contribution in [1.82, 2.24) is 9.55 Å². The monoisotopic (exact) mass is 489 g/mol. The molecule has 2 heterocycles. The molecule has 0 radical (unpaired) electrons. The molecule has 1 aliphatic heterocycles. The third kappa shape index (κ3) is 5.13. The van der Waals surface area contributed by atoms with Crippen molar-refractivity contribution in [1.29, 1.82) is 0 Å². The van der Waals surface area contributed by atoms with Gasteiger partial charge in [0.2, 0.25) is 5.91 Å². The van der Waals surface area contributed by atoms with Gasteiger partial charge in [-0.2, -0.15) is 0 Å². The van der Waals surface area contributed by atoms with Crippen molar-refractivity contribution in [3.05, 3.63) is 83.6 Å². The molecule has 0 aliphatic carbocycles. The number of aryl methyl sites for hydroxylation is 1. The summed E-state index contributed by atoms with van der Waals surface area (Å²) in [6, 6.07) is 23.3. The smallest absolute Gasteiger partial charge is 0.227 e. The standard InChI is InChI=1S/C28H28ClN3O3/c1-2-34-23-14-10-22(11-15-23)32-19-20(18-27(32)33)28-30-25-6-3-4-7-26(25)31(28)16-5-17-35-24-12-8-21(29)9-13-24/h3-4,6-15,20H,2,5,16-19H2,1H3. The Hall–Kier alpha value is -3.51. The van der Waals surface area contributed by atoms with E-state index in [0.717, 1.165) is 47.0 Å². The number of hydrogen-bond acceptors (Lipinski definition) is 4. The van der Waals surface area contributed by atoms with Gasteiger partial charge in [-0.1, -0.05) is 23.7 Å². The minimum Gasteiger partial charge on any atom is -0.494 e. The Kier molecular flexibility index (Phi) is 6.91. The number of rotatable bonds is 9. The van der Waals surface area contributed by atoms with Crippen LogP contribution >= 0.6 is 11.6 Å². The van der Waals surface area contributed by atoms with Gasteiger partial charge in [0.25, 0.3) is 0 Å². The Balaban J connectivity index is 1.32. The van der Waals surface area contributed by atoms with Gasteiger partial charge in [-0.15, -0.1) is 0 Å². The highest BCUT2D eigenvalue weighted by molar-refractivity contribution is 6.30. The van der Waals surface area contributed by atoms with Crippen LogP contribution in [-0.2, 0) is 11.3 Å². The molecule has 6 nitrogen and oxygen atoms in total. The second kappa shape index (κ2) is 10.4. The predicted octanol–water partition coefficient (Wildman–Crippen LogP) is 6.08. The van der Waals surface area contributed by atoms with E-state index in [1.165, 1.54) is 0 Å². The van der Waals surface area contributed by atoms with Gasteiger partial charge in [-0.3, -0.25) is 4.79 Å². The van der Waals surface area contributed by atoms with Crippen molar-refractivity contribution in [2.24, 2.45) is 0 Å². The Morgan fingerprint density at radius 2 is 1.69 bits per heavy atom. The van der Waals surface area contributed by atoms with Crippen molar-refractivity contribution >= 4 is 34.2 Å². The minimum atomic E-state index is 0.0265. The molecule has 1 aliphatic rings. The first-order valence-corrected chi connectivity index (χ1v) is 12.4. The maximum atomic E-state index is 13.0. The molecule has 1 atom stereocenters. The molecule has 0 bridgehead atoms. The lowest BCUT2D eigenvalue weighted by atomic mass is 10.1. The number of imidazole rings is 1. The highest BCUT2D eigenvalue weighted by Crippen LogP contribution is 2.34. The van der Waals surface area contributed by atoms with E-state index in [1.54, 1.807) is 0 Å². The van der Waals surface area contributed by atoms with Crippen molar-refractivity contribution in [2.45, 2.75) is 32.2 Å². The number of fused-ring (bicyclic) bond motifs is 1. The number of ether oxygens (including phenoxy) is 2. The first-order chi connectivity index (χ1) is 17.1. The third-order valence-electron chi connectivity index (χ3n) is 6.24. The molecule has 4 aromatic rings. The van der Waals surface area contributed by atoms with E-state index >= 15 is 0 Å². The Labute approximate surface area is 210 Å². The van der Waals surface area contributed by atoms with Gasteiger partial charge < -0.3 is 18.9 Å². The molecule has 0 spiro atoms. The van der Waals surface area contributed by atoms with Gasteiger partial charge in [0.1, 0.15) is 17.3 Å². The van der Waals surface area contributed by atoms with E-state index in [4.69, 9.17) is 26.1 Å². The first kappa shape index (κ1) is 23.2. The minimum absolute atomic E-state index is 0.0265. The molecule has 180 valence electrons. The number of benzene rings is 3. The Morgan fingerprint density at radius 3 is 2.46 bits per heavy atom. The summed E-state index contributed by atoms with van der Waals surface area (Å²) >= 11 is 5.96. The summed E-state index contributed by atoms with van der Waals surface area (Å²) in [6.07, 6.45) is 1.26. The molecule has 0 saturated carbocycles. The van der Waals surface area contributed by atoms with Crippen LogP contribution in [0, 0.1) is 0 Å². The van der Waals surface area contributed by atoms with Crippen LogP contribution < -0.4 is 14.4 Å². The van der Waals surface area contributed by atoms with Crippen LogP contribution in [0.25, 0.3) is 11.0 Å². The summed E-state index contributed by atoms with van der Waals surface area (Å²) in [7, 11) is 0. The van der Waals surface area contributed by atoms with Crippen LogP contribution in [0.4, 0.5) is 5.69 Å². The largest absolute Gasteiger partial charge is 0.494 e. The summed E-state index contributed by atoms with van der Waals surface area (Å²) in [6.45, 7) is 4.52. The Bertz CT molecular complexity index is 1300. The molecule has 7 heteroatoms. The molecular formula is C28H28ClN3O3. The maximum Gasteiger partial charge on any atom is 0.227 e. The summed E-state index contributed by atoms with van der Waals surface area (Å²) in [5.41, 5.74) is 2.93. The molecule has 1 unspecified atom stereocenters. The normalized spacial score (nSPS) is 15.7. The van der Waals surface area contributed by atoms with Crippen LogP contribution in [0.15, 0.2) is 72.8 Å². The fraction of sp³-hybridized carbons (Fsp3) is 0.286. The predicted molar refractivity (Wildman–Crippen MR) is 139 cm³/mol. The quantitative estimate of drug-likeness (QED) is 0.267. The number of nitrogens with zero attached hydrogens (tertiary/aromatic N) is 3. The zero-order valence-corrected chi connectivity index (χ0v) is 20.4. The van der Waals surface area contributed by atoms with E-state index in [-0.39, 0.29) is 11.8 Å². The summed E-state index contributed by atoms with van der Waals surface area (Å²) in [5, 5.41) is 0.692. The lowest BCUT2D eigenvalue weighted by Gasteiger charge is -2.18. The average Bonchev–Trinajstić information content (AvgIpc) is 3.44. The zero-order valence-electron chi connectivity index (χ0n) is 19.7. The number of aromatic nitrogens is 2. The molecule has 1 amide bonds. The van der Waals surface area contributed by atoms with Crippen molar-refractivity contribution in [3.8, 4) is 11.5 Å². The average molecular weight is 490 g/mol. The lowest BCUT2D eigenvalue weighted by molar-refractivity contribution is -0.117. The summed E-state index contributed by atoms with van der Waals surface area (Å²) < 4.78 is 13.7. The lowest BCUT2D eigenvalue weighted by Crippen LogP contribution is -2.24. The van der Waals surface area contributed by atoms with Crippen molar-refractivity contribution in [2.75, 3.05) is 24.7 Å². The molecule has 1 saturated heterocycles. The van der Waals surface area contributed by atoms with Gasteiger partial charge in [0.05, 0.1) is 24.2 Å². The SMILES string of the molecule is CCOc1ccc(N2CC(c3nc4ccccc4n3CCCOc3ccc(Cl)cc3)CC2=O)cc1. The number of carbonyl (C=O) groups is 1. The van der Waals surface area contributed by atoms with Crippen LogP contribution in [0.1, 0.15) is 31.5 Å². The van der Waals surface area contributed by atoms with E-state index in [2.05, 4.69) is 10.6 Å². The van der Waals surface area contributed by atoms with Gasteiger partial charge in [0, 0.05) is 36.1 Å². The van der Waals surface area contributed by atoms with Gasteiger partial charge in [-0.05, 0) is 74.0 Å². The maximum absolute atomic E-state index is 13.0. The number of hydrogen-bond donors (Lipinski definition) is 0. The Morgan fingerprint density at radius 1 is 0.971 bits per heavy atom. The van der Waals surface area contributed by atoms with E-state index < -0.39 is 0 Å². The molecular weight excluding hydrogens is 462 g/mol. The molecule has 5 rings (SSSR count). The van der Waals surface area contributed by atoms with E-state index in [0.29, 0.717) is 31.2 Å². The third-order valence-corrected chi connectivity index (χ3v) is 6.49. The number of amides is 1. The fourth-order valence-electron chi connectivity index (χ4n) is 4.60. The van der Waals surface area contributed by atoms with Crippen molar-refractivity contribution < 1.29 is 14.3 Å². The van der Waals surface area contributed by atoms with Crippen LogP contribution in [-0.4, -0.2) is 35.2 Å². The number of halogens is 1. The topological polar surface area (TPSA) is 56.6 Å². The van der Waals surface area contributed by atoms with Crippen LogP contribution in [0.2, 0.25) is 5.02 Å². The molecule has 0 N–H and O–H groups in total. The number of anilines is 1. The molecule has 1 fully saturated rings. The van der Waals surface area contributed by atoms with Crippen LogP contribution in [0.3, 0.4) is 0 Å². The van der Waals surface area contributed by atoms with Gasteiger partial charge in [-0.25, -0.2) is 4.98 Å². The molecule has 3 aromatic carbocycles. The van der Waals surface area contributed by atoms with E-state index in [9.17, 15) is 4.79 Å². The van der Waals surface area contributed by atoms with Crippen LogP contribution in [0.5, 0.6) is 11.5 Å². The molecule has 1 aromatic heterocycles. The zero-order chi connectivity index (χ0) is 24.2. The number of para-hydroxylation sites is 2. The molecule has 35 heavy (non-hydrogen) atoms. The first-order valence-electron chi connectivity index (χ1n) is 12.0. The number of carbonyl (C=O) groups excluding carboxylic acids is 1. The second-order valence-corrected chi connectivity index (χ2v) is 9.04. The fourth-order valence-corrected chi connectivity index (χ4v) is 4.73. The van der Waals surface area contributed by atoms with E-state index in [1.807, 2.05) is 78.6 Å². The highest BCUT2D eigenvalue weighted by Gasteiger charge is 2.34. The summed E-state index contributed by atoms with van der Waals surface area (Å²) in [5.74, 6) is 2.71. The second-order valence-electron chi connectivity index (χ2n) is 8.60. The van der Waals surface area contributed by atoms with Gasteiger partial charge in [0.15, 0.2) is 0 Å². The van der Waals surface area contributed by atoms with Crippen molar-refractivity contribution in [3.63, 3.8) is 0 Å². The summed E-state index contributed by atoms with van der Waals surface area (Å²) in [4.78, 5) is 19.8.